The van der Waals surface area contributed by atoms with Crippen LogP contribution in [0.4, 0.5) is 0 Å². The molecule has 0 atom stereocenters. The number of aryl methyl sites for hydroxylation is 2. The first kappa shape index (κ1) is 37.5. The summed E-state index contributed by atoms with van der Waals surface area (Å²) < 4.78 is 61.7. The molecule has 8 nitrogen and oxygen atoms in total. The van der Waals surface area contributed by atoms with Gasteiger partial charge in [-0.05, 0) is 106 Å². The highest BCUT2D eigenvalue weighted by atomic mass is 32.2. The van der Waals surface area contributed by atoms with Crippen LogP contribution < -0.4 is 0 Å². The predicted octanol–water partition coefficient (Wildman–Crippen LogP) is 7.76. The largest absolute Gasteiger partial charge is 0.354 e. The maximum atomic E-state index is 13.2. The molecule has 0 aliphatic carbocycles. The molecule has 0 heterocycles. The molecule has 0 aliphatic heterocycles. The summed E-state index contributed by atoms with van der Waals surface area (Å²) in [4.78, 5) is 4.55. The number of sulfonamides is 2. The molecule has 0 saturated heterocycles. The normalized spacial score (nSPS) is 13.4. The first-order chi connectivity index (χ1) is 20.5. The maximum Gasteiger partial charge on any atom is 0.283 e. The standard InChI is InChI=1S/C34H54N4O4S2/c1-25(2)37(26(3)4)33(35-43(39,40)31-21-17-29(9)18-22-31)15-13-11-12-14-16-34(38(27(5)6)28(7)8)36-44(41,42)32-23-19-30(10)20-24-32/h17-28H,11-16H2,1-10H3/b35-33+,36-34+. The number of nitrogens with zero attached hydrogens (tertiary/aromatic N) is 4. The highest BCUT2D eigenvalue weighted by Crippen LogP contribution is 2.21. The molecule has 246 valence electrons. The number of hydrogen-bond acceptors (Lipinski definition) is 4. The smallest absolute Gasteiger partial charge is 0.283 e. The van der Waals surface area contributed by atoms with Crippen LogP contribution in [0.3, 0.4) is 0 Å². The Labute approximate surface area is 267 Å². The molecule has 0 aliphatic rings. The molecule has 0 bridgehead atoms. The number of amidine groups is 2. The summed E-state index contributed by atoms with van der Waals surface area (Å²) in [7, 11) is -7.69. The van der Waals surface area contributed by atoms with Gasteiger partial charge in [-0.3, -0.25) is 0 Å². The van der Waals surface area contributed by atoms with E-state index >= 15 is 0 Å². The quantitative estimate of drug-likeness (QED) is 0.111. The van der Waals surface area contributed by atoms with Gasteiger partial charge in [0.2, 0.25) is 0 Å². The fraction of sp³-hybridized carbons (Fsp3) is 0.588. The summed E-state index contributed by atoms with van der Waals surface area (Å²) >= 11 is 0. The van der Waals surface area contributed by atoms with Gasteiger partial charge in [0, 0.05) is 37.0 Å². The molecule has 0 N–H and O–H groups in total. The number of benzene rings is 2. The van der Waals surface area contributed by atoms with Crippen LogP contribution in [0.1, 0.15) is 105 Å². The minimum Gasteiger partial charge on any atom is -0.354 e. The lowest BCUT2D eigenvalue weighted by Gasteiger charge is -2.34. The van der Waals surface area contributed by atoms with Crippen molar-refractivity contribution in [2.24, 2.45) is 8.80 Å². The first-order valence-electron chi connectivity index (χ1n) is 15.8. The fourth-order valence-corrected chi connectivity index (χ4v) is 7.65. The molecule has 0 radical (unpaired) electrons. The third kappa shape index (κ3) is 11.0. The fourth-order valence-electron chi connectivity index (χ4n) is 5.55. The van der Waals surface area contributed by atoms with Crippen molar-refractivity contribution in [3.63, 3.8) is 0 Å². The van der Waals surface area contributed by atoms with E-state index in [1.807, 2.05) is 13.8 Å². The molecule has 44 heavy (non-hydrogen) atoms. The molecule has 0 unspecified atom stereocenters. The Hall–Kier alpha value is -2.72. The topological polar surface area (TPSA) is 99.5 Å². The third-order valence-corrected chi connectivity index (χ3v) is 10.1. The van der Waals surface area contributed by atoms with Crippen molar-refractivity contribution in [1.82, 2.24) is 9.80 Å². The van der Waals surface area contributed by atoms with Crippen LogP contribution in [0.2, 0.25) is 0 Å². The molecule has 0 saturated carbocycles. The minimum atomic E-state index is -3.85. The molecule has 10 heteroatoms. The van der Waals surface area contributed by atoms with Crippen molar-refractivity contribution in [3.05, 3.63) is 59.7 Å². The number of hydrogen-bond donors (Lipinski definition) is 0. The van der Waals surface area contributed by atoms with Crippen molar-refractivity contribution in [2.45, 2.75) is 142 Å². The van der Waals surface area contributed by atoms with Crippen molar-refractivity contribution in [1.29, 1.82) is 0 Å². The highest BCUT2D eigenvalue weighted by molar-refractivity contribution is 7.90. The summed E-state index contributed by atoms with van der Waals surface area (Å²) in [5.74, 6) is 1.15. The summed E-state index contributed by atoms with van der Waals surface area (Å²) in [6.07, 6.45) is 4.32. The molecular formula is C34H54N4O4S2. The molecule has 2 aromatic rings. The minimum absolute atomic E-state index is 0.0919. The van der Waals surface area contributed by atoms with E-state index < -0.39 is 20.0 Å². The van der Waals surface area contributed by atoms with Crippen LogP contribution in [0.15, 0.2) is 67.1 Å². The second-order valence-electron chi connectivity index (χ2n) is 12.7. The summed E-state index contributed by atoms with van der Waals surface area (Å²) in [6, 6.07) is 13.9. The Morgan fingerprint density at radius 3 is 1.05 bits per heavy atom. The van der Waals surface area contributed by atoms with Crippen LogP contribution in [0.5, 0.6) is 0 Å². The molecule has 0 amide bonds. The van der Waals surface area contributed by atoms with Gasteiger partial charge in [-0.1, -0.05) is 48.2 Å². The Morgan fingerprint density at radius 2 is 0.795 bits per heavy atom. The molecule has 0 fully saturated rings. The van der Waals surface area contributed by atoms with E-state index in [4.69, 9.17) is 0 Å². The van der Waals surface area contributed by atoms with E-state index in [0.717, 1.165) is 36.8 Å². The second-order valence-corrected chi connectivity index (χ2v) is 15.9. The van der Waals surface area contributed by atoms with Crippen molar-refractivity contribution in [2.75, 3.05) is 0 Å². The van der Waals surface area contributed by atoms with E-state index in [-0.39, 0.29) is 34.0 Å². The van der Waals surface area contributed by atoms with E-state index in [1.54, 1.807) is 48.5 Å². The number of rotatable bonds is 15. The van der Waals surface area contributed by atoms with Crippen molar-refractivity contribution < 1.29 is 16.8 Å². The lowest BCUT2D eigenvalue weighted by atomic mass is 10.1. The predicted molar refractivity (Wildman–Crippen MR) is 184 cm³/mol. The van der Waals surface area contributed by atoms with Crippen molar-refractivity contribution >= 4 is 31.7 Å². The molecule has 0 aromatic heterocycles. The average molecular weight is 647 g/mol. The van der Waals surface area contributed by atoms with E-state index in [0.29, 0.717) is 24.5 Å². The van der Waals surface area contributed by atoms with E-state index in [2.05, 4.69) is 74.0 Å². The summed E-state index contributed by atoms with van der Waals surface area (Å²) in [5.41, 5.74) is 1.98. The summed E-state index contributed by atoms with van der Waals surface area (Å²) in [5, 5.41) is 0. The van der Waals surface area contributed by atoms with E-state index in [1.165, 1.54) is 0 Å². The first-order valence-corrected chi connectivity index (χ1v) is 18.7. The monoisotopic (exact) mass is 646 g/mol. The van der Waals surface area contributed by atoms with Gasteiger partial charge in [-0.15, -0.1) is 8.80 Å². The van der Waals surface area contributed by atoms with Crippen LogP contribution in [0.25, 0.3) is 0 Å². The van der Waals surface area contributed by atoms with Gasteiger partial charge in [0.05, 0.1) is 9.79 Å². The van der Waals surface area contributed by atoms with E-state index in [9.17, 15) is 16.8 Å². The molecule has 0 spiro atoms. The molecule has 2 aromatic carbocycles. The van der Waals surface area contributed by atoms with Crippen LogP contribution in [-0.2, 0) is 20.0 Å². The highest BCUT2D eigenvalue weighted by Gasteiger charge is 2.24. The summed E-state index contributed by atoms with van der Waals surface area (Å²) in [6.45, 7) is 20.2. The van der Waals surface area contributed by atoms with Gasteiger partial charge < -0.3 is 9.80 Å². The van der Waals surface area contributed by atoms with Crippen LogP contribution in [-0.4, -0.2) is 62.5 Å². The molecule has 2 rings (SSSR count). The van der Waals surface area contributed by atoms with Gasteiger partial charge in [-0.2, -0.15) is 16.8 Å². The third-order valence-electron chi connectivity index (χ3n) is 7.46. The SMILES string of the molecule is Cc1ccc(S(=O)(=O)/N=C(\CCCCCC/C(=N\S(=O)(=O)c2ccc(C)cc2)N(C(C)C)C(C)C)N(C(C)C)C(C)C)cc1. The Balaban J connectivity index is 2.20. The Bertz CT molecular complexity index is 1330. The molecular weight excluding hydrogens is 593 g/mol. The average Bonchev–Trinajstić information content (AvgIpc) is 2.89. The second kappa shape index (κ2) is 16.5. The Morgan fingerprint density at radius 1 is 0.523 bits per heavy atom. The number of unbranched alkanes of at least 4 members (excludes halogenated alkanes) is 3. The zero-order valence-corrected chi connectivity index (χ0v) is 30.0. The zero-order chi connectivity index (χ0) is 33.2. The van der Waals surface area contributed by atoms with Gasteiger partial charge in [0.25, 0.3) is 20.0 Å². The van der Waals surface area contributed by atoms with Gasteiger partial charge in [-0.25, -0.2) is 0 Å². The maximum absolute atomic E-state index is 13.2. The van der Waals surface area contributed by atoms with Crippen LogP contribution >= 0.6 is 0 Å². The lowest BCUT2D eigenvalue weighted by Crippen LogP contribution is -2.42. The van der Waals surface area contributed by atoms with Crippen LogP contribution in [0, 0.1) is 13.8 Å². The Kier molecular flexibility index (Phi) is 14.1. The van der Waals surface area contributed by atoms with Gasteiger partial charge >= 0.3 is 0 Å². The van der Waals surface area contributed by atoms with Crippen molar-refractivity contribution in [3.8, 4) is 0 Å². The van der Waals surface area contributed by atoms with Gasteiger partial charge in [0.1, 0.15) is 11.7 Å². The zero-order valence-electron chi connectivity index (χ0n) is 28.4. The van der Waals surface area contributed by atoms with Gasteiger partial charge in [0.15, 0.2) is 0 Å². The lowest BCUT2D eigenvalue weighted by molar-refractivity contribution is 0.284.